The van der Waals surface area contributed by atoms with Crippen LogP contribution >= 0.6 is 0 Å². The summed E-state index contributed by atoms with van der Waals surface area (Å²) >= 11 is 0. The van der Waals surface area contributed by atoms with Crippen molar-refractivity contribution in [3.63, 3.8) is 0 Å². The van der Waals surface area contributed by atoms with Crippen LogP contribution in [0.5, 0.6) is 0 Å². The fraction of sp³-hybridized carbons (Fsp3) is 0.980. The van der Waals surface area contributed by atoms with Gasteiger partial charge in [-0.1, -0.05) is 239 Å². The maximum absolute atomic E-state index is 13.0. The van der Waals surface area contributed by atoms with E-state index in [2.05, 4.69) is 23.3 Å². The molecule has 0 saturated carbocycles. The molecule has 6 N–H and O–H groups in total. The predicted octanol–water partition coefficient (Wildman–Crippen LogP) is 11.3. The Kier molecular flexibility index (Phi) is 39.4. The Morgan fingerprint density at radius 1 is 0.571 bits per heavy atom. The molecular weight excluding hydrogens is 823 g/mol. The summed E-state index contributed by atoms with van der Waals surface area (Å²) < 4.78 is 47.7. The Hall–Kier alpha value is -0.900. The molecule has 1 aliphatic rings. The lowest BCUT2D eigenvalue weighted by atomic mass is 9.99. The van der Waals surface area contributed by atoms with Crippen LogP contribution in [0.4, 0.5) is 0 Å². The molecule has 1 rings (SSSR count). The number of rotatable bonds is 46. The van der Waals surface area contributed by atoms with E-state index in [1.807, 2.05) is 0 Å². The molecule has 63 heavy (non-hydrogen) atoms. The summed E-state index contributed by atoms with van der Waals surface area (Å²) in [5.41, 5.74) is 0. The first-order chi connectivity index (χ1) is 30.5. The van der Waals surface area contributed by atoms with E-state index in [4.69, 9.17) is 9.47 Å². The Labute approximate surface area is 386 Å². The molecule has 376 valence electrons. The van der Waals surface area contributed by atoms with Gasteiger partial charge in [-0.3, -0.25) is 9.35 Å². The summed E-state index contributed by atoms with van der Waals surface area (Å²) in [6.45, 7) is 3.47. The number of aliphatic hydroxyl groups excluding tert-OH is 4. The minimum Gasteiger partial charge on any atom is -0.394 e. The van der Waals surface area contributed by atoms with Gasteiger partial charge in [0.2, 0.25) is 5.91 Å². The van der Waals surface area contributed by atoms with E-state index in [9.17, 15) is 38.2 Å². The standard InChI is InChI=1S/C50H99NO11S/c1-3-5-7-9-11-13-15-17-18-19-20-21-22-23-24-25-26-27-28-29-31-33-35-37-39-44(53)43(51-46(54)40-38-36-34-32-30-16-14-12-10-8-6-4-2)42-60-50-48(56)49(62-63(57,58)59)47(55)45(41-52)61-50/h43-45,47-50,52-53,55-56H,3-42H2,1-2H3,(H,51,54)(H,57,58,59). The minimum atomic E-state index is -5.07. The lowest BCUT2D eigenvalue weighted by molar-refractivity contribution is -0.298. The lowest BCUT2D eigenvalue weighted by Crippen LogP contribution is -2.61. The average molecular weight is 922 g/mol. The molecule has 1 saturated heterocycles. The van der Waals surface area contributed by atoms with Gasteiger partial charge in [0.1, 0.15) is 24.4 Å². The number of hydrogen-bond acceptors (Lipinski definition) is 10. The van der Waals surface area contributed by atoms with Crippen molar-refractivity contribution in [2.75, 3.05) is 13.2 Å². The van der Waals surface area contributed by atoms with Crippen LogP contribution in [0.2, 0.25) is 0 Å². The second-order valence-electron chi connectivity index (χ2n) is 18.8. The van der Waals surface area contributed by atoms with Crippen LogP contribution in [-0.4, -0.2) is 95.4 Å². The highest BCUT2D eigenvalue weighted by Crippen LogP contribution is 2.26. The van der Waals surface area contributed by atoms with Gasteiger partial charge >= 0.3 is 10.4 Å². The molecule has 0 aromatic carbocycles. The number of amides is 1. The van der Waals surface area contributed by atoms with Crippen molar-refractivity contribution in [1.29, 1.82) is 0 Å². The SMILES string of the molecule is CCCCCCCCCCCCCCCCCCCCCCCCCCC(O)C(COC1OC(CO)C(O)C(OS(=O)(=O)O)C1O)NC(=O)CCCCCCCCCCCCCC. The Balaban J connectivity index is 2.35. The lowest BCUT2D eigenvalue weighted by Gasteiger charge is -2.41. The van der Waals surface area contributed by atoms with Crippen molar-refractivity contribution in [3.05, 3.63) is 0 Å². The molecule has 0 aliphatic carbocycles. The van der Waals surface area contributed by atoms with E-state index in [-0.39, 0.29) is 12.5 Å². The molecule has 0 bridgehead atoms. The van der Waals surface area contributed by atoms with Crippen LogP contribution < -0.4 is 5.32 Å². The van der Waals surface area contributed by atoms with Crippen LogP contribution in [0.3, 0.4) is 0 Å². The molecule has 0 radical (unpaired) electrons. The Bertz CT molecular complexity index is 1130. The zero-order chi connectivity index (χ0) is 46.2. The van der Waals surface area contributed by atoms with Crippen molar-refractivity contribution in [2.45, 2.75) is 301 Å². The first-order valence-corrected chi connectivity index (χ1v) is 27.8. The van der Waals surface area contributed by atoms with Gasteiger partial charge in [-0.2, -0.15) is 8.42 Å². The zero-order valence-corrected chi connectivity index (χ0v) is 41.2. The maximum Gasteiger partial charge on any atom is 0.397 e. The van der Waals surface area contributed by atoms with Crippen molar-refractivity contribution in [2.24, 2.45) is 0 Å². The summed E-state index contributed by atoms with van der Waals surface area (Å²) in [5.74, 6) is -0.226. The summed E-state index contributed by atoms with van der Waals surface area (Å²) in [4.78, 5) is 13.0. The van der Waals surface area contributed by atoms with Crippen LogP contribution in [-0.2, 0) is 28.9 Å². The predicted molar refractivity (Wildman–Crippen MR) is 255 cm³/mol. The molecule has 0 spiro atoms. The molecule has 1 aliphatic heterocycles. The van der Waals surface area contributed by atoms with E-state index in [0.29, 0.717) is 12.8 Å². The topological polar surface area (TPSA) is 192 Å². The summed E-state index contributed by atoms with van der Waals surface area (Å²) in [6, 6.07) is -0.851. The van der Waals surface area contributed by atoms with Crippen LogP contribution in [0.15, 0.2) is 0 Å². The highest BCUT2D eigenvalue weighted by molar-refractivity contribution is 7.80. The smallest absolute Gasteiger partial charge is 0.394 e. The van der Waals surface area contributed by atoms with Gasteiger partial charge in [-0.05, 0) is 12.8 Å². The zero-order valence-electron chi connectivity index (χ0n) is 40.4. The van der Waals surface area contributed by atoms with Gasteiger partial charge in [0.25, 0.3) is 0 Å². The first kappa shape index (κ1) is 60.1. The fourth-order valence-corrected chi connectivity index (χ4v) is 9.32. The molecule has 7 unspecified atom stereocenters. The third-order valence-corrected chi connectivity index (χ3v) is 13.4. The van der Waals surface area contributed by atoms with E-state index in [0.717, 1.165) is 51.4 Å². The van der Waals surface area contributed by atoms with Crippen molar-refractivity contribution < 1.29 is 51.8 Å². The van der Waals surface area contributed by atoms with Gasteiger partial charge in [-0.25, -0.2) is 4.18 Å². The van der Waals surface area contributed by atoms with Crippen molar-refractivity contribution in [3.8, 4) is 0 Å². The highest BCUT2D eigenvalue weighted by Gasteiger charge is 2.48. The van der Waals surface area contributed by atoms with E-state index < -0.39 is 59.9 Å². The Morgan fingerprint density at radius 3 is 1.27 bits per heavy atom. The van der Waals surface area contributed by atoms with Gasteiger partial charge in [0, 0.05) is 6.42 Å². The maximum atomic E-state index is 13.0. The number of aliphatic hydroxyl groups is 4. The van der Waals surface area contributed by atoms with Crippen molar-refractivity contribution >= 4 is 16.3 Å². The number of hydrogen-bond donors (Lipinski definition) is 6. The van der Waals surface area contributed by atoms with Gasteiger partial charge in [0.15, 0.2) is 6.29 Å². The average Bonchev–Trinajstić information content (AvgIpc) is 3.25. The van der Waals surface area contributed by atoms with Gasteiger partial charge in [0.05, 0.1) is 25.4 Å². The summed E-state index contributed by atoms with van der Waals surface area (Å²) in [7, 11) is -5.07. The molecule has 12 nitrogen and oxygen atoms in total. The van der Waals surface area contributed by atoms with Crippen LogP contribution in [0.25, 0.3) is 0 Å². The molecule has 13 heteroatoms. The third kappa shape index (κ3) is 34.1. The van der Waals surface area contributed by atoms with E-state index in [1.165, 1.54) is 180 Å². The van der Waals surface area contributed by atoms with Crippen molar-refractivity contribution in [1.82, 2.24) is 5.32 Å². The van der Waals surface area contributed by atoms with E-state index >= 15 is 0 Å². The minimum absolute atomic E-state index is 0.226. The van der Waals surface area contributed by atoms with E-state index in [1.54, 1.807) is 0 Å². The van der Waals surface area contributed by atoms with Crippen LogP contribution in [0.1, 0.15) is 258 Å². The van der Waals surface area contributed by atoms with Crippen LogP contribution in [0, 0.1) is 0 Å². The normalized spacial score (nSPS) is 20.3. The number of unbranched alkanes of at least 4 members (excludes halogenated alkanes) is 34. The second-order valence-corrected chi connectivity index (χ2v) is 19.9. The molecule has 1 amide bonds. The number of carbonyl (C=O) groups is 1. The molecular formula is C50H99NO11S. The second kappa shape index (κ2) is 41.3. The fourth-order valence-electron chi connectivity index (χ4n) is 8.81. The Morgan fingerprint density at radius 2 is 0.921 bits per heavy atom. The van der Waals surface area contributed by atoms with Gasteiger partial charge in [-0.15, -0.1) is 0 Å². The molecule has 0 aromatic heterocycles. The number of carbonyl (C=O) groups excluding carboxylic acids is 1. The third-order valence-electron chi connectivity index (χ3n) is 12.9. The monoisotopic (exact) mass is 922 g/mol. The number of nitrogens with one attached hydrogen (secondary N) is 1. The summed E-state index contributed by atoms with van der Waals surface area (Å²) in [6.07, 6.45) is 36.8. The quantitative estimate of drug-likeness (QED) is 0.0251. The molecule has 0 aromatic rings. The van der Waals surface area contributed by atoms with Gasteiger partial charge < -0.3 is 35.2 Å². The molecule has 7 atom stereocenters. The molecule has 1 fully saturated rings. The summed E-state index contributed by atoms with van der Waals surface area (Å²) in [5, 5.41) is 45.0. The largest absolute Gasteiger partial charge is 0.397 e. The first-order valence-electron chi connectivity index (χ1n) is 26.4. The highest BCUT2D eigenvalue weighted by atomic mass is 32.3. The number of ether oxygens (including phenoxy) is 2. The molecule has 1 heterocycles.